The second kappa shape index (κ2) is 6.57. The minimum absolute atomic E-state index is 0.109. The third-order valence-electron chi connectivity index (χ3n) is 4.15. The Bertz CT molecular complexity index is 1110. The van der Waals surface area contributed by atoms with Gasteiger partial charge in [0.15, 0.2) is 5.82 Å². The Labute approximate surface area is 155 Å². The van der Waals surface area contributed by atoms with Gasteiger partial charge in [-0.05, 0) is 29.8 Å². The molecule has 0 saturated carbocycles. The van der Waals surface area contributed by atoms with E-state index in [-0.39, 0.29) is 11.1 Å². The standard InChI is InChI=1S/C20H18N4O3/c1-20(2,3)17-14(19(26)27)8-9-16(23-17)24-18(25)15(11-22-24)13-6-4-12(10-21)5-7-13/h4-9,11,22H,1-3H3,(H,26,27). The third kappa shape index (κ3) is 3.37. The number of benzene rings is 1. The Morgan fingerprint density at radius 2 is 1.85 bits per heavy atom. The average Bonchev–Trinajstić information content (AvgIpc) is 3.02. The minimum atomic E-state index is -1.06. The van der Waals surface area contributed by atoms with Crippen molar-refractivity contribution in [3.05, 3.63) is 69.8 Å². The van der Waals surface area contributed by atoms with Crippen molar-refractivity contribution in [2.45, 2.75) is 26.2 Å². The zero-order valence-corrected chi connectivity index (χ0v) is 15.1. The van der Waals surface area contributed by atoms with Crippen LogP contribution in [0.25, 0.3) is 16.9 Å². The van der Waals surface area contributed by atoms with Gasteiger partial charge in [0, 0.05) is 11.6 Å². The van der Waals surface area contributed by atoms with Crippen molar-refractivity contribution in [3.8, 4) is 23.0 Å². The van der Waals surface area contributed by atoms with Gasteiger partial charge in [-0.3, -0.25) is 9.89 Å². The summed E-state index contributed by atoms with van der Waals surface area (Å²) in [4.78, 5) is 28.7. The summed E-state index contributed by atoms with van der Waals surface area (Å²) in [6.07, 6.45) is 1.56. The summed E-state index contributed by atoms with van der Waals surface area (Å²) in [5.74, 6) is -0.745. The van der Waals surface area contributed by atoms with E-state index in [1.807, 2.05) is 26.8 Å². The maximum atomic E-state index is 12.8. The molecule has 0 spiro atoms. The molecule has 3 rings (SSSR count). The summed E-state index contributed by atoms with van der Waals surface area (Å²) < 4.78 is 1.27. The molecule has 7 heteroatoms. The number of nitriles is 1. The fourth-order valence-corrected chi connectivity index (χ4v) is 2.79. The van der Waals surface area contributed by atoms with Crippen molar-refractivity contribution in [1.29, 1.82) is 5.26 Å². The van der Waals surface area contributed by atoms with Crippen LogP contribution in [0.5, 0.6) is 0 Å². The number of aromatic amines is 1. The third-order valence-corrected chi connectivity index (χ3v) is 4.15. The van der Waals surface area contributed by atoms with Gasteiger partial charge in [-0.25, -0.2) is 14.5 Å². The highest BCUT2D eigenvalue weighted by Gasteiger charge is 2.24. The van der Waals surface area contributed by atoms with E-state index in [2.05, 4.69) is 10.1 Å². The quantitative estimate of drug-likeness (QED) is 0.743. The SMILES string of the molecule is CC(C)(C)c1nc(-n2[nH]cc(-c3ccc(C#N)cc3)c2=O)ccc1C(=O)O. The normalized spacial score (nSPS) is 11.2. The maximum Gasteiger partial charge on any atom is 0.337 e. The highest BCUT2D eigenvalue weighted by molar-refractivity contribution is 5.89. The lowest BCUT2D eigenvalue weighted by molar-refractivity contribution is 0.0693. The van der Waals surface area contributed by atoms with Gasteiger partial charge in [-0.1, -0.05) is 32.9 Å². The summed E-state index contributed by atoms with van der Waals surface area (Å²) in [7, 11) is 0. The zero-order chi connectivity index (χ0) is 19.8. The molecule has 0 aliphatic rings. The van der Waals surface area contributed by atoms with Gasteiger partial charge in [0.25, 0.3) is 5.56 Å². The van der Waals surface area contributed by atoms with Gasteiger partial charge in [0.05, 0.1) is 28.5 Å². The molecular formula is C20H18N4O3. The van der Waals surface area contributed by atoms with Crippen molar-refractivity contribution in [2.75, 3.05) is 0 Å². The molecule has 0 bridgehead atoms. The Morgan fingerprint density at radius 3 is 2.41 bits per heavy atom. The first kappa shape index (κ1) is 18.1. The molecule has 2 aromatic heterocycles. The van der Waals surface area contributed by atoms with Crippen LogP contribution in [-0.2, 0) is 5.41 Å². The molecule has 0 saturated heterocycles. The molecule has 0 atom stereocenters. The first-order chi connectivity index (χ1) is 12.7. The van der Waals surface area contributed by atoms with Gasteiger partial charge >= 0.3 is 5.97 Å². The lowest BCUT2D eigenvalue weighted by atomic mass is 9.88. The number of hydrogen-bond donors (Lipinski definition) is 2. The Balaban J connectivity index is 2.10. The number of aromatic nitrogens is 3. The van der Waals surface area contributed by atoms with Crippen LogP contribution in [0.3, 0.4) is 0 Å². The van der Waals surface area contributed by atoms with E-state index >= 15 is 0 Å². The summed E-state index contributed by atoms with van der Waals surface area (Å²) in [5, 5.41) is 21.2. The Hall–Kier alpha value is -3.66. The molecule has 136 valence electrons. The number of aromatic carboxylic acids is 1. The van der Waals surface area contributed by atoms with Gasteiger partial charge in [-0.2, -0.15) is 5.26 Å². The molecule has 0 radical (unpaired) electrons. The summed E-state index contributed by atoms with van der Waals surface area (Å²) in [5.41, 5.74) is 1.31. The van der Waals surface area contributed by atoms with Crippen molar-refractivity contribution < 1.29 is 9.90 Å². The highest BCUT2D eigenvalue weighted by atomic mass is 16.4. The molecular weight excluding hydrogens is 344 g/mol. The number of rotatable bonds is 3. The number of H-pyrrole nitrogens is 1. The summed E-state index contributed by atoms with van der Waals surface area (Å²) >= 11 is 0. The van der Waals surface area contributed by atoms with Crippen molar-refractivity contribution in [2.24, 2.45) is 0 Å². The van der Waals surface area contributed by atoms with E-state index in [4.69, 9.17) is 5.26 Å². The molecule has 0 fully saturated rings. The molecule has 3 aromatic rings. The van der Waals surface area contributed by atoms with Crippen molar-refractivity contribution in [1.82, 2.24) is 14.8 Å². The van der Waals surface area contributed by atoms with E-state index in [9.17, 15) is 14.7 Å². The van der Waals surface area contributed by atoms with Crippen LogP contribution in [0.1, 0.15) is 42.4 Å². The van der Waals surface area contributed by atoms with Gasteiger partial charge < -0.3 is 5.11 Å². The van der Waals surface area contributed by atoms with Crippen LogP contribution >= 0.6 is 0 Å². The second-order valence-electron chi connectivity index (χ2n) is 7.14. The molecule has 7 nitrogen and oxygen atoms in total. The monoisotopic (exact) mass is 362 g/mol. The largest absolute Gasteiger partial charge is 0.478 e. The summed E-state index contributed by atoms with van der Waals surface area (Å²) in [6, 6.07) is 11.7. The molecule has 0 aliphatic heterocycles. The molecule has 0 amide bonds. The van der Waals surface area contributed by atoms with E-state index in [1.165, 1.54) is 16.8 Å². The summed E-state index contributed by atoms with van der Waals surface area (Å²) in [6.45, 7) is 5.60. The lowest BCUT2D eigenvalue weighted by Gasteiger charge is -2.20. The number of nitrogens with one attached hydrogen (secondary N) is 1. The molecule has 0 aliphatic carbocycles. The van der Waals surface area contributed by atoms with E-state index in [1.54, 1.807) is 30.5 Å². The fraction of sp³-hybridized carbons (Fsp3) is 0.200. The van der Waals surface area contributed by atoms with Crippen LogP contribution in [0.2, 0.25) is 0 Å². The Kier molecular flexibility index (Phi) is 4.42. The second-order valence-corrected chi connectivity index (χ2v) is 7.14. The van der Waals surface area contributed by atoms with Crippen LogP contribution < -0.4 is 5.56 Å². The molecule has 27 heavy (non-hydrogen) atoms. The van der Waals surface area contributed by atoms with Gasteiger partial charge in [0.2, 0.25) is 0 Å². The smallest absolute Gasteiger partial charge is 0.337 e. The first-order valence-corrected chi connectivity index (χ1v) is 8.28. The number of nitrogens with zero attached hydrogens (tertiary/aromatic N) is 3. The average molecular weight is 362 g/mol. The molecule has 2 heterocycles. The van der Waals surface area contributed by atoms with E-state index < -0.39 is 11.4 Å². The van der Waals surface area contributed by atoms with Crippen LogP contribution in [0.4, 0.5) is 0 Å². The molecule has 2 N–H and O–H groups in total. The van der Waals surface area contributed by atoms with E-state index in [0.29, 0.717) is 28.2 Å². The first-order valence-electron chi connectivity index (χ1n) is 8.28. The predicted molar refractivity (Wildman–Crippen MR) is 100.0 cm³/mol. The Morgan fingerprint density at radius 1 is 1.19 bits per heavy atom. The van der Waals surface area contributed by atoms with Gasteiger partial charge in [-0.15, -0.1) is 0 Å². The molecule has 0 unspecified atom stereocenters. The predicted octanol–water partition coefficient (Wildman–Crippen LogP) is 3.09. The van der Waals surface area contributed by atoms with Crippen LogP contribution in [0, 0.1) is 11.3 Å². The number of carbonyl (C=O) groups is 1. The lowest BCUT2D eigenvalue weighted by Crippen LogP contribution is -2.23. The fourth-order valence-electron chi connectivity index (χ4n) is 2.79. The highest BCUT2D eigenvalue weighted by Crippen LogP contribution is 2.25. The zero-order valence-electron chi connectivity index (χ0n) is 15.1. The topological polar surface area (TPSA) is 112 Å². The minimum Gasteiger partial charge on any atom is -0.478 e. The van der Waals surface area contributed by atoms with Crippen LogP contribution in [-0.4, -0.2) is 25.8 Å². The van der Waals surface area contributed by atoms with Crippen molar-refractivity contribution in [3.63, 3.8) is 0 Å². The number of carboxylic acids is 1. The van der Waals surface area contributed by atoms with Crippen LogP contribution in [0.15, 0.2) is 47.4 Å². The maximum absolute atomic E-state index is 12.8. The number of hydrogen-bond acceptors (Lipinski definition) is 4. The number of pyridine rings is 1. The van der Waals surface area contributed by atoms with Gasteiger partial charge in [0.1, 0.15) is 0 Å². The van der Waals surface area contributed by atoms with Crippen molar-refractivity contribution >= 4 is 5.97 Å². The molecule has 1 aromatic carbocycles. The van der Waals surface area contributed by atoms with E-state index in [0.717, 1.165) is 0 Å². The number of carboxylic acid groups (broad SMARTS) is 1.